The Kier molecular flexibility index (Phi) is 6.87. The Morgan fingerprint density at radius 3 is 2.35 bits per heavy atom. The van der Waals surface area contributed by atoms with Crippen LogP contribution in [0.2, 0.25) is 0 Å². The fourth-order valence-electron chi connectivity index (χ4n) is 1.95. The van der Waals surface area contributed by atoms with Crippen LogP contribution in [0.25, 0.3) is 0 Å². The van der Waals surface area contributed by atoms with Crippen LogP contribution in [0.4, 0.5) is 0 Å². The number of allylic oxidation sites excluding steroid dienone is 1. The van der Waals surface area contributed by atoms with E-state index in [2.05, 4.69) is 52.5 Å². The lowest BCUT2D eigenvalue weighted by Crippen LogP contribution is -2.16. The van der Waals surface area contributed by atoms with Crippen molar-refractivity contribution in [2.75, 3.05) is 0 Å². The van der Waals surface area contributed by atoms with E-state index in [1.54, 1.807) is 0 Å². The van der Waals surface area contributed by atoms with Crippen LogP contribution < -0.4 is 0 Å². The van der Waals surface area contributed by atoms with E-state index in [4.69, 9.17) is 0 Å². The van der Waals surface area contributed by atoms with E-state index >= 15 is 0 Å². The Hall–Kier alpha value is -1.04. The van der Waals surface area contributed by atoms with E-state index in [-0.39, 0.29) is 6.84 Å². The minimum absolute atomic E-state index is 0. The van der Waals surface area contributed by atoms with Gasteiger partial charge in [-0.2, -0.15) is 0 Å². The van der Waals surface area contributed by atoms with Crippen LogP contribution in [0.3, 0.4) is 0 Å². The Bertz CT molecular complexity index is 351. The highest BCUT2D eigenvalue weighted by Gasteiger charge is 2.19. The zero-order valence-corrected chi connectivity index (χ0v) is 12.4. The molecule has 0 fully saturated rings. The fraction of sp³-hybridized carbons (Fsp3) is 0.529. The minimum Gasteiger partial charge on any atom is -0.103 e. The molecule has 0 aliphatic carbocycles. The molecule has 0 heterocycles. The third-order valence-electron chi connectivity index (χ3n) is 3.17. The van der Waals surface area contributed by atoms with Gasteiger partial charge in [-0.05, 0) is 41.9 Å². The van der Waals surface area contributed by atoms with Crippen molar-refractivity contribution in [3.05, 3.63) is 47.5 Å². The van der Waals surface area contributed by atoms with E-state index in [9.17, 15) is 0 Å². The quantitative estimate of drug-likeness (QED) is 0.588. The molecule has 0 saturated heterocycles. The maximum Gasteiger partial charge on any atom is 0 e. The van der Waals surface area contributed by atoms with Crippen LogP contribution in [0.1, 0.15) is 59.2 Å². The molecule has 0 heteroatoms. The van der Waals surface area contributed by atoms with Gasteiger partial charge in [0.05, 0.1) is 0 Å². The van der Waals surface area contributed by atoms with Gasteiger partial charge in [0.15, 0.2) is 0 Å². The summed E-state index contributed by atoms with van der Waals surface area (Å²) in [6.07, 6.45) is 4.15. The summed E-state index contributed by atoms with van der Waals surface area (Å²) >= 11 is 0. The van der Waals surface area contributed by atoms with Crippen LogP contribution in [-0.4, -0.2) is 0 Å². The van der Waals surface area contributed by atoms with Crippen molar-refractivity contribution in [3.63, 3.8) is 0 Å². The van der Waals surface area contributed by atoms with Gasteiger partial charge in [0.1, 0.15) is 0 Å². The maximum absolute atomic E-state index is 3.83. The predicted molar refractivity (Wildman–Crippen MR) is 81.9 cm³/mol. The summed E-state index contributed by atoms with van der Waals surface area (Å²) in [7, 11) is 0. The van der Waals surface area contributed by atoms with Gasteiger partial charge in [0, 0.05) is 1.43 Å². The molecular weight excluding hydrogens is 204 g/mol. The van der Waals surface area contributed by atoms with Gasteiger partial charge >= 0.3 is 0 Å². The van der Waals surface area contributed by atoms with Crippen LogP contribution in [0.15, 0.2) is 30.9 Å². The van der Waals surface area contributed by atoms with Gasteiger partial charge in [-0.1, -0.05) is 58.9 Å². The van der Waals surface area contributed by atoms with Gasteiger partial charge < -0.3 is 0 Å². The lowest BCUT2D eigenvalue weighted by molar-refractivity contribution is 0.534. The summed E-state index contributed by atoms with van der Waals surface area (Å²) in [5, 5.41) is 0. The lowest BCUT2D eigenvalue weighted by atomic mass is 9.80. The zero-order valence-electron chi connectivity index (χ0n) is 12.4. The minimum atomic E-state index is 0. The topological polar surface area (TPSA) is 0 Å². The molecule has 0 N–H and O–H groups in total. The van der Waals surface area contributed by atoms with Crippen LogP contribution in [0.5, 0.6) is 0 Å². The molecule has 98 valence electrons. The van der Waals surface area contributed by atoms with E-state index in [0.717, 1.165) is 12.8 Å². The van der Waals surface area contributed by atoms with E-state index in [1.165, 1.54) is 16.7 Å². The first-order valence-electron chi connectivity index (χ1n) is 6.72. The Labute approximate surface area is 109 Å². The SMILES string of the molecule is C=CCC(C)(C)c1ccc(C)c(CC)c1.CC.[HH]. The molecule has 0 aliphatic heterocycles. The van der Waals surface area contributed by atoms with Crippen molar-refractivity contribution in [3.8, 4) is 0 Å². The number of aryl methyl sites for hydroxylation is 2. The molecule has 0 nitrogen and oxygen atoms in total. The Morgan fingerprint density at radius 2 is 1.88 bits per heavy atom. The van der Waals surface area contributed by atoms with Gasteiger partial charge in [0.2, 0.25) is 0 Å². The second-order valence-corrected chi connectivity index (χ2v) is 4.87. The highest BCUT2D eigenvalue weighted by Crippen LogP contribution is 2.28. The van der Waals surface area contributed by atoms with Crippen LogP contribution in [-0.2, 0) is 11.8 Å². The first kappa shape index (κ1) is 16.0. The largest absolute Gasteiger partial charge is 0.103 e. The summed E-state index contributed by atoms with van der Waals surface area (Å²) < 4.78 is 0. The van der Waals surface area contributed by atoms with Crippen molar-refractivity contribution in [1.82, 2.24) is 0 Å². The van der Waals surface area contributed by atoms with Crippen LogP contribution in [0, 0.1) is 6.92 Å². The molecule has 1 aromatic rings. The molecule has 1 rings (SSSR count). The molecule has 0 spiro atoms. The molecule has 0 amide bonds. The normalized spacial score (nSPS) is 10.5. The summed E-state index contributed by atoms with van der Waals surface area (Å²) in [6.45, 7) is 16.8. The number of rotatable bonds is 4. The first-order valence-corrected chi connectivity index (χ1v) is 6.72. The molecule has 0 bridgehead atoms. The lowest BCUT2D eigenvalue weighted by Gasteiger charge is -2.24. The summed E-state index contributed by atoms with van der Waals surface area (Å²) in [5.41, 5.74) is 4.49. The van der Waals surface area contributed by atoms with E-state index in [0.29, 0.717) is 0 Å². The van der Waals surface area contributed by atoms with Crippen LogP contribution >= 0.6 is 0 Å². The second-order valence-electron chi connectivity index (χ2n) is 4.87. The number of hydrogen-bond donors (Lipinski definition) is 0. The monoisotopic (exact) mass is 234 g/mol. The number of hydrogen-bond acceptors (Lipinski definition) is 0. The summed E-state index contributed by atoms with van der Waals surface area (Å²) in [4.78, 5) is 0. The van der Waals surface area contributed by atoms with Gasteiger partial charge in [0.25, 0.3) is 0 Å². The van der Waals surface area contributed by atoms with Gasteiger partial charge in [-0.25, -0.2) is 0 Å². The smallest absolute Gasteiger partial charge is 0 e. The van der Waals surface area contributed by atoms with Gasteiger partial charge in [-0.3, -0.25) is 0 Å². The van der Waals surface area contributed by atoms with Crippen molar-refractivity contribution in [2.24, 2.45) is 0 Å². The average molecular weight is 234 g/mol. The predicted octanol–water partition coefficient (Wildman–Crippen LogP) is 5.68. The molecule has 0 unspecified atom stereocenters. The first-order chi connectivity index (χ1) is 8.01. The highest BCUT2D eigenvalue weighted by molar-refractivity contribution is 5.35. The van der Waals surface area contributed by atoms with Crippen molar-refractivity contribution < 1.29 is 1.43 Å². The third-order valence-corrected chi connectivity index (χ3v) is 3.17. The third kappa shape index (κ3) is 4.38. The van der Waals surface area contributed by atoms with Crippen molar-refractivity contribution >= 4 is 0 Å². The zero-order chi connectivity index (χ0) is 13.5. The van der Waals surface area contributed by atoms with E-state index < -0.39 is 0 Å². The number of benzene rings is 1. The average Bonchev–Trinajstić information content (AvgIpc) is 2.32. The van der Waals surface area contributed by atoms with E-state index in [1.807, 2.05) is 19.9 Å². The molecule has 17 heavy (non-hydrogen) atoms. The molecule has 0 atom stereocenters. The fourth-order valence-corrected chi connectivity index (χ4v) is 1.95. The second kappa shape index (κ2) is 7.32. The molecule has 0 aliphatic rings. The Balaban J connectivity index is 0. The molecular formula is C17H30. The Morgan fingerprint density at radius 1 is 1.29 bits per heavy atom. The maximum atomic E-state index is 3.83. The summed E-state index contributed by atoms with van der Waals surface area (Å²) in [5.74, 6) is 0. The van der Waals surface area contributed by atoms with Crippen molar-refractivity contribution in [2.45, 2.75) is 59.8 Å². The highest BCUT2D eigenvalue weighted by atomic mass is 14.2. The standard InChI is InChI=1S/C15H22.C2H6.H2/c1-6-10-15(4,5)14-9-8-12(3)13(7-2)11-14;1-2;/h6,8-9,11H,1,7,10H2,2-5H3;1-2H3;1H. The summed E-state index contributed by atoms with van der Waals surface area (Å²) in [6, 6.07) is 6.83. The molecule has 1 aromatic carbocycles. The molecule has 0 radical (unpaired) electrons. The molecule has 0 saturated carbocycles. The van der Waals surface area contributed by atoms with Crippen molar-refractivity contribution in [1.29, 1.82) is 0 Å². The molecule has 0 aromatic heterocycles. The van der Waals surface area contributed by atoms with Gasteiger partial charge in [-0.15, -0.1) is 6.58 Å².